The van der Waals surface area contributed by atoms with Gasteiger partial charge in [-0.25, -0.2) is 4.79 Å². The Balaban J connectivity index is 1.78. The number of primary amides is 1. The molecule has 1 heterocycles. The van der Waals surface area contributed by atoms with Crippen LogP contribution in [0, 0.1) is 5.92 Å². The van der Waals surface area contributed by atoms with Crippen LogP contribution in [0.5, 0.6) is 5.75 Å². The zero-order chi connectivity index (χ0) is 37.0. The highest BCUT2D eigenvalue weighted by Crippen LogP contribution is 2.19. The van der Waals surface area contributed by atoms with Gasteiger partial charge in [-0.3, -0.25) is 24.0 Å². The fraction of sp³-hybridized carbons (Fsp3) is 0.412. The van der Waals surface area contributed by atoms with Crippen molar-refractivity contribution >= 4 is 46.4 Å². The summed E-state index contributed by atoms with van der Waals surface area (Å²) in [5.41, 5.74) is 13.6. The molecule has 0 unspecified atom stereocenters. The first-order valence-electron chi connectivity index (χ1n) is 16.0. The summed E-state index contributed by atoms with van der Waals surface area (Å²) in [6.45, 7) is 2.80. The second-order valence-corrected chi connectivity index (χ2v) is 12.3. The number of aromatic nitrogens is 1. The van der Waals surface area contributed by atoms with Gasteiger partial charge in [0.25, 0.3) is 0 Å². The number of aliphatic hydroxyl groups excluding tert-OH is 1. The summed E-state index contributed by atoms with van der Waals surface area (Å²) in [4.78, 5) is 80.6. The average Bonchev–Trinajstić information content (AvgIpc) is 3.48. The molecule has 16 heteroatoms. The molecule has 270 valence electrons. The fourth-order valence-electron chi connectivity index (χ4n) is 5.24. The van der Waals surface area contributed by atoms with Gasteiger partial charge in [-0.2, -0.15) is 0 Å². The van der Waals surface area contributed by atoms with Crippen LogP contribution in [0.4, 0.5) is 0 Å². The molecule has 11 N–H and O–H groups in total. The maximum absolute atomic E-state index is 13.7. The molecule has 5 atom stereocenters. The van der Waals surface area contributed by atoms with Crippen molar-refractivity contribution in [2.24, 2.45) is 17.4 Å². The summed E-state index contributed by atoms with van der Waals surface area (Å²) >= 11 is 0. The normalized spacial score (nSPS) is 14.1. The summed E-state index contributed by atoms with van der Waals surface area (Å²) in [6.07, 6.45) is 1.24. The van der Waals surface area contributed by atoms with E-state index < -0.39 is 78.7 Å². The standard InChI is InChI=1S/C34H45N7O9/c1-18(2)12-27(34(49)50-3)40-32(47)26(15-29(36)44)39-31(46)25(13-19-8-10-21(43)11-9-19)38-33(48)28(17-42)41-30(45)23(35)14-20-16-37-24-7-5-4-6-22(20)24/h4-11,16,18,23,25-28,37,42-43H,12-15,17,35H2,1-3H3,(H2,36,44)(H,38,48)(H,39,46)(H,40,47)(H,41,45)/t23-,25-,26+,27-,28-/m0/s1. The maximum atomic E-state index is 13.7. The van der Waals surface area contributed by atoms with Crippen LogP contribution >= 0.6 is 0 Å². The lowest BCUT2D eigenvalue weighted by molar-refractivity contribution is -0.146. The number of phenolic OH excluding ortho intramolecular Hbond substituents is 1. The van der Waals surface area contributed by atoms with E-state index in [1.807, 2.05) is 38.1 Å². The molecular weight excluding hydrogens is 650 g/mol. The Morgan fingerprint density at radius 2 is 1.38 bits per heavy atom. The number of benzene rings is 2. The van der Waals surface area contributed by atoms with E-state index in [-0.39, 0.29) is 30.9 Å². The van der Waals surface area contributed by atoms with E-state index in [2.05, 4.69) is 26.3 Å². The third-order valence-electron chi connectivity index (χ3n) is 7.82. The van der Waals surface area contributed by atoms with Crippen LogP contribution in [0.15, 0.2) is 54.7 Å². The number of aromatic hydroxyl groups is 1. The van der Waals surface area contributed by atoms with E-state index in [9.17, 15) is 39.0 Å². The molecule has 16 nitrogen and oxygen atoms in total. The van der Waals surface area contributed by atoms with Crippen LogP contribution < -0.4 is 32.7 Å². The molecule has 2 aromatic carbocycles. The molecule has 5 amide bonds. The number of amides is 5. The highest BCUT2D eigenvalue weighted by molar-refractivity contribution is 5.97. The lowest BCUT2D eigenvalue weighted by atomic mass is 10.0. The SMILES string of the molecule is COC(=O)[C@H](CC(C)C)NC(=O)[C@@H](CC(N)=O)NC(=O)[C@H](Cc1ccc(O)cc1)NC(=O)[C@H](CO)NC(=O)[C@@H](N)Cc1c[nH]c2ccccc12. The monoisotopic (exact) mass is 695 g/mol. The van der Waals surface area contributed by atoms with E-state index in [4.69, 9.17) is 16.2 Å². The smallest absolute Gasteiger partial charge is 0.328 e. The Morgan fingerprint density at radius 1 is 0.800 bits per heavy atom. The quantitative estimate of drug-likeness (QED) is 0.0734. The third-order valence-corrected chi connectivity index (χ3v) is 7.82. The van der Waals surface area contributed by atoms with Crippen LogP contribution in [-0.2, 0) is 46.3 Å². The van der Waals surface area contributed by atoms with Gasteiger partial charge in [-0.05, 0) is 48.1 Å². The van der Waals surface area contributed by atoms with Gasteiger partial charge in [-0.15, -0.1) is 0 Å². The molecule has 3 rings (SSSR count). The predicted octanol–water partition coefficient (Wildman–Crippen LogP) is -0.988. The Kier molecular flexibility index (Phi) is 14.3. The molecule has 0 aliphatic carbocycles. The number of rotatable bonds is 18. The summed E-state index contributed by atoms with van der Waals surface area (Å²) in [5, 5.41) is 30.4. The van der Waals surface area contributed by atoms with Crippen molar-refractivity contribution < 1.29 is 43.7 Å². The number of aromatic amines is 1. The van der Waals surface area contributed by atoms with E-state index in [1.165, 1.54) is 24.3 Å². The second kappa shape index (κ2) is 18.3. The number of aliphatic hydroxyl groups is 1. The number of carbonyl (C=O) groups is 6. The zero-order valence-electron chi connectivity index (χ0n) is 28.1. The number of para-hydroxylation sites is 1. The predicted molar refractivity (Wildman–Crippen MR) is 182 cm³/mol. The van der Waals surface area contributed by atoms with Gasteiger partial charge >= 0.3 is 5.97 Å². The minimum Gasteiger partial charge on any atom is -0.508 e. The summed E-state index contributed by atoms with van der Waals surface area (Å²) < 4.78 is 4.77. The molecule has 0 aliphatic heterocycles. The van der Waals surface area contributed by atoms with Crippen molar-refractivity contribution in [2.75, 3.05) is 13.7 Å². The summed E-state index contributed by atoms with van der Waals surface area (Å²) in [6, 6.07) is 6.50. The van der Waals surface area contributed by atoms with Gasteiger partial charge in [0, 0.05) is 23.5 Å². The number of nitrogens with one attached hydrogen (secondary N) is 5. The molecule has 0 bridgehead atoms. The van der Waals surface area contributed by atoms with Crippen molar-refractivity contribution in [3.8, 4) is 5.75 Å². The number of fused-ring (bicyclic) bond motifs is 1. The third kappa shape index (κ3) is 11.3. The number of carbonyl (C=O) groups excluding carboxylic acids is 6. The Bertz CT molecular complexity index is 1660. The number of H-pyrrole nitrogens is 1. The minimum absolute atomic E-state index is 0.0310. The van der Waals surface area contributed by atoms with Crippen molar-refractivity contribution in [2.45, 2.75) is 69.7 Å². The average molecular weight is 696 g/mol. The van der Waals surface area contributed by atoms with Gasteiger partial charge in [0.2, 0.25) is 29.5 Å². The minimum atomic E-state index is -1.55. The lowest BCUT2D eigenvalue weighted by Gasteiger charge is -2.26. The molecule has 0 spiro atoms. The number of esters is 1. The molecular formula is C34H45N7O9. The van der Waals surface area contributed by atoms with Crippen LogP contribution in [-0.4, -0.2) is 94.6 Å². The lowest BCUT2D eigenvalue weighted by Crippen LogP contribution is -2.60. The van der Waals surface area contributed by atoms with Crippen molar-refractivity contribution in [3.05, 3.63) is 65.9 Å². The first-order chi connectivity index (χ1) is 23.7. The second-order valence-electron chi connectivity index (χ2n) is 12.3. The van der Waals surface area contributed by atoms with Gasteiger partial charge in [0.15, 0.2) is 0 Å². The van der Waals surface area contributed by atoms with E-state index in [1.54, 1.807) is 6.20 Å². The van der Waals surface area contributed by atoms with Crippen LogP contribution in [0.25, 0.3) is 10.9 Å². The number of ether oxygens (including phenoxy) is 1. The number of hydrogen-bond donors (Lipinski definition) is 9. The Morgan fingerprint density at radius 3 is 2.00 bits per heavy atom. The number of methoxy groups -OCH3 is 1. The molecule has 0 fully saturated rings. The van der Waals surface area contributed by atoms with E-state index in [0.29, 0.717) is 5.56 Å². The fourth-order valence-corrected chi connectivity index (χ4v) is 5.24. The number of hydrogen-bond acceptors (Lipinski definition) is 10. The number of nitrogens with two attached hydrogens (primary N) is 2. The highest BCUT2D eigenvalue weighted by atomic mass is 16.5. The van der Waals surface area contributed by atoms with E-state index >= 15 is 0 Å². The van der Waals surface area contributed by atoms with Crippen LogP contribution in [0.3, 0.4) is 0 Å². The Hall–Kier alpha value is -5.48. The summed E-state index contributed by atoms with van der Waals surface area (Å²) in [7, 11) is 1.15. The topological polar surface area (TPSA) is 268 Å². The molecule has 0 radical (unpaired) electrons. The molecule has 50 heavy (non-hydrogen) atoms. The van der Waals surface area contributed by atoms with Gasteiger partial charge in [0.1, 0.15) is 29.9 Å². The first kappa shape index (κ1) is 39.0. The van der Waals surface area contributed by atoms with E-state index in [0.717, 1.165) is 23.6 Å². The van der Waals surface area contributed by atoms with Crippen LogP contribution in [0.2, 0.25) is 0 Å². The van der Waals surface area contributed by atoms with Crippen molar-refractivity contribution in [1.82, 2.24) is 26.3 Å². The van der Waals surface area contributed by atoms with Gasteiger partial charge in [0.05, 0.1) is 26.2 Å². The van der Waals surface area contributed by atoms with Gasteiger partial charge in [-0.1, -0.05) is 44.2 Å². The van der Waals surface area contributed by atoms with Crippen molar-refractivity contribution in [3.63, 3.8) is 0 Å². The molecule has 0 aliphatic rings. The first-order valence-corrected chi connectivity index (χ1v) is 16.0. The Labute approximate surface area is 288 Å². The maximum Gasteiger partial charge on any atom is 0.328 e. The highest BCUT2D eigenvalue weighted by Gasteiger charge is 2.33. The van der Waals surface area contributed by atoms with Crippen molar-refractivity contribution in [1.29, 1.82) is 0 Å². The molecule has 0 saturated heterocycles. The zero-order valence-corrected chi connectivity index (χ0v) is 28.1. The van der Waals surface area contributed by atoms with Gasteiger partial charge < -0.3 is 52.7 Å². The number of phenols is 1. The molecule has 3 aromatic rings. The molecule has 0 saturated carbocycles. The summed E-state index contributed by atoms with van der Waals surface area (Å²) in [5.74, 6) is -5.25. The largest absolute Gasteiger partial charge is 0.508 e. The van der Waals surface area contributed by atoms with Crippen LogP contribution in [0.1, 0.15) is 37.8 Å². The molecule has 1 aromatic heterocycles.